The third-order valence-electron chi connectivity index (χ3n) is 5.04. The van der Waals surface area contributed by atoms with E-state index < -0.39 is 10.0 Å². The number of amides is 1. The van der Waals surface area contributed by atoms with Gasteiger partial charge in [-0.2, -0.15) is 0 Å². The molecule has 2 aromatic rings. The highest BCUT2D eigenvalue weighted by Gasteiger charge is 2.19. The van der Waals surface area contributed by atoms with Gasteiger partial charge in [-0.05, 0) is 55.5 Å². The van der Waals surface area contributed by atoms with Crippen molar-refractivity contribution in [3.05, 3.63) is 48.5 Å². The van der Waals surface area contributed by atoms with Crippen molar-refractivity contribution in [1.82, 2.24) is 14.5 Å². The van der Waals surface area contributed by atoms with Gasteiger partial charge >= 0.3 is 0 Å². The first-order valence-corrected chi connectivity index (χ1v) is 11.8. The standard InChI is InChI=1S/C22H29N3O5S/c1-3-29-19-4-6-20(7-5-19)30-21-8-10-22(11-9-21)31(27,28)23-12-13-24-14-16-25(17-15-24)18(2)26/h4-11,23H,3,12-17H2,1-2H3. The van der Waals surface area contributed by atoms with E-state index in [0.29, 0.717) is 44.3 Å². The molecule has 168 valence electrons. The van der Waals surface area contributed by atoms with E-state index in [4.69, 9.17) is 9.47 Å². The highest BCUT2D eigenvalue weighted by molar-refractivity contribution is 7.89. The number of ether oxygens (including phenoxy) is 2. The van der Waals surface area contributed by atoms with Crippen molar-refractivity contribution in [3.63, 3.8) is 0 Å². The van der Waals surface area contributed by atoms with Crippen molar-refractivity contribution in [2.75, 3.05) is 45.9 Å². The van der Waals surface area contributed by atoms with E-state index in [-0.39, 0.29) is 10.8 Å². The second-order valence-corrected chi connectivity index (χ2v) is 8.99. The summed E-state index contributed by atoms with van der Waals surface area (Å²) in [4.78, 5) is 15.5. The number of hydrogen-bond acceptors (Lipinski definition) is 6. The van der Waals surface area contributed by atoms with Gasteiger partial charge in [0.05, 0.1) is 11.5 Å². The molecule has 0 saturated carbocycles. The first-order valence-electron chi connectivity index (χ1n) is 10.4. The molecule has 0 radical (unpaired) electrons. The summed E-state index contributed by atoms with van der Waals surface area (Å²) in [5.41, 5.74) is 0. The second kappa shape index (κ2) is 10.6. The van der Waals surface area contributed by atoms with Gasteiger partial charge in [-0.15, -0.1) is 0 Å². The lowest BCUT2D eigenvalue weighted by Crippen LogP contribution is -2.49. The molecule has 0 unspecified atom stereocenters. The molecule has 0 aromatic heterocycles. The van der Waals surface area contributed by atoms with Crippen molar-refractivity contribution in [2.45, 2.75) is 18.7 Å². The third kappa shape index (κ3) is 6.68. The van der Waals surface area contributed by atoms with Gasteiger partial charge in [0.1, 0.15) is 17.2 Å². The number of hydrogen-bond donors (Lipinski definition) is 1. The molecule has 1 saturated heterocycles. The Kier molecular flexibility index (Phi) is 7.89. The third-order valence-corrected chi connectivity index (χ3v) is 6.52. The van der Waals surface area contributed by atoms with Crippen LogP contribution in [0.3, 0.4) is 0 Å². The summed E-state index contributed by atoms with van der Waals surface area (Å²) < 4.78 is 38.9. The predicted octanol–water partition coefficient (Wildman–Crippen LogP) is 2.32. The molecule has 1 fully saturated rings. The Morgan fingerprint density at radius 1 is 0.935 bits per heavy atom. The molecule has 1 aliphatic rings. The van der Waals surface area contributed by atoms with Crippen LogP contribution in [-0.4, -0.2) is 70.0 Å². The molecule has 3 rings (SSSR count). The van der Waals surface area contributed by atoms with E-state index in [1.807, 2.05) is 19.1 Å². The molecule has 0 atom stereocenters. The fraction of sp³-hybridized carbons (Fsp3) is 0.409. The minimum atomic E-state index is -3.60. The van der Waals surface area contributed by atoms with E-state index in [2.05, 4.69) is 9.62 Å². The van der Waals surface area contributed by atoms with Gasteiger partial charge in [-0.25, -0.2) is 13.1 Å². The van der Waals surface area contributed by atoms with Crippen LogP contribution in [-0.2, 0) is 14.8 Å². The summed E-state index contributed by atoms with van der Waals surface area (Å²) >= 11 is 0. The van der Waals surface area contributed by atoms with Crippen LogP contribution in [0.25, 0.3) is 0 Å². The maximum Gasteiger partial charge on any atom is 0.240 e. The van der Waals surface area contributed by atoms with Crippen molar-refractivity contribution in [3.8, 4) is 17.2 Å². The first-order chi connectivity index (χ1) is 14.9. The molecule has 9 heteroatoms. The first kappa shape index (κ1) is 23.1. The van der Waals surface area contributed by atoms with Gasteiger partial charge < -0.3 is 14.4 Å². The maximum atomic E-state index is 12.5. The molecule has 0 aliphatic carbocycles. The van der Waals surface area contributed by atoms with Crippen LogP contribution >= 0.6 is 0 Å². The fourth-order valence-electron chi connectivity index (χ4n) is 3.30. The van der Waals surface area contributed by atoms with Crippen LogP contribution in [0.1, 0.15) is 13.8 Å². The van der Waals surface area contributed by atoms with Crippen molar-refractivity contribution >= 4 is 15.9 Å². The molecule has 2 aromatic carbocycles. The lowest BCUT2D eigenvalue weighted by atomic mass is 10.3. The number of nitrogens with zero attached hydrogens (tertiary/aromatic N) is 2. The number of rotatable bonds is 9. The number of piperazine rings is 1. The summed E-state index contributed by atoms with van der Waals surface area (Å²) in [5, 5.41) is 0. The largest absolute Gasteiger partial charge is 0.494 e. The Morgan fingerprint density at radius 2 is 1.48 bits per heavy atom. The van der Waals surface area contributed by atoms with Gasteiger partial charge in [-0.3, -0.25) is 9.69 Å². The van der Waals surface area contributed by atoms with E-state index >= 15 is 0 Å². The Hall–Kier alpha value is -2.62. The molecule has 8 nitrogen and oxygen atoms in total. The van der Waals surface area contributed by atoms with Crippen molar-refractivity contribution < 1.29 is 22.7 Å². The smallest absolute Gasteiger partial charge is 0.240 e. The lowest BCUT2D eigenvalue weighted by Gasteiger charge is -2.34. The molecule has 1 aliphatic heterocycles. The van der Waals surface area contributed by atoms with Crippen molar-refractivity contribution in [1.29, 1.82) is 0 Å². The number of carbonyl (C=O) groups excluding carboxylic acids is 1. The van der Waals surface area contributed by atoms with Crippen molar-refractivity contribution in [2.24, 2.45) is 0 Å². The Morgan fingerprint density at radius 3 is 2.03 bits per heavy atom. The maximum absolute atomic E-state index is 12.5. The Balaban J connectivity index is 1.48. The molecule has 1 N–H and O–H groups in total. The Labute approximate surface area is 183 Å². The summed E-state index contributed by atoms with van der Waals surface area (Å²) in [6, 6.07) is 13.6. The molecule has 0 bridgehead atoms. The zero-order chi connectivity index (χ0) is 22.3. The lowest BCUT2D eigenvalue weighted by molar-refractivity contribution is -0.130. The molecule has 0 spiro atoms. The minimum Gasteiger partial charge on any atom is -0.494 e. The van der Waals surface area contributed by atoms with Crippen LogP contribution in [0.5, 0.6) is 17.2 Å². The molecule has 31 heavy (non-hydrogen) atoms. The number of sulfonamides is 1. The summed E-state index contributed by atoms with van der Waals surface area (Å²) in [6.07, 6.45) is 0. The molecular formula is C22H29N3O5S. The minimum absolute atomic E-state index is 0.0790. The van der Waals surface area contributed by atoms with E-state index in [1.54, 1.807) is 36.1 Å². The van der Waals surface area contributed by atoms with Crippen LogP contribution < -0.4 is 14.2 Å². The average molecular weight is 448 g/mol. The monoisotopic (exact) mass is 447 g/mol. The average Bonchev–Trinajstić information content (AvgIpc) is 2.76. The second-order valence-electron chi connectivity index (χ2n) is 7.22. The topological polar surface area (TPSA) is 88.2 Å². The van der Waals surface area contributed by atoms with Crippen LogP contribution in [0, 0.1) is 0 Å². The van der Waals surface area contributed by atoms with E-state index in [9.17, 15) is 13.2 Å². The van der Waals surface area contributed by atoms with Crippen LogP contribution in [0.15, 0.2) is 53.4 Å². The predicted molar refractivity (Wildman–Crippen MR) is 118 cm³/mol. The van der Waals surface area contributed by atoms with Gasteiger partial charge in [0.25, 0.3) is 0 Å². The van der Waals surface area contributed by atoms with Gasteiger partial charge in [-0.1, -0.05) is 0 Å². The summed E-state index contributed by atoms with van der Waals surface area (Å²) in [6.45, 7) is 7.86. The molecule has 1 heterocycles. The number of nitrogens with one attached hydrogen (secondary N) is 1. The van der Waals surface area contributed by atoms with Crippen LogP contribution in [0.2, 0.25) is 0 Å². The fourth-order valence-corrected chi connectivity index (χ4v) is 4.32. The normalized spacial score (nSPS) is 15.0. The molecular weight excluding hydrogens is 418 g/mol. The van der Waals surface area contributed by atoms with E-state index in [1.165, 1.54) is 12.1 Å². The van der Waals surface area contributed by atoms with Gasteiger partial charge in [0, 0.05) is 46.2 Å². The Bertz CT molecular complexity index is 954. The summed E-state index contributed by atoms with van der Waals surface area (Å²) in [5.74, 6) is 2.03. The highest BCUT2D eigenvalue weighted by atomic mass is 32.2. The number of benzene rings is 2. The van der Waals surface area contributed by atoms with Gasteiger partial charge in [0.2, 0.25) is 15.9 Å². The van der Waals surface area contributed by atoms with Crippen LogP contribution in [0.4, 0.5) is 0 Å². The van der Waals surface area contributed by atoms with Gasteiger partial charge in [0.15, 0.2) is 0 Å². The number of carbonyl (C=O) groups is 1. The molecule has 1 amide bonds. The SMILES string of the molecule is CCOc1ccc(Oc2ccc(S(=O)(=O)NCCN3CCN(C(C)=O)CC3)cc2)cc1. The quantitative estimate of drug-likeness (QED) is 0.635. The summed E-state index contributed by atoms with van der Waals surface area (Å²) in [7, 11) is -3.60. The zero-order valence-electron chi connectivity index (χ0n) is 17.9. The highest BCUT2D eigenvalue weighted by Crippen LogP contribution is 2.25. The zero-order valence-corrected chi connectivity index (χ0v) is 18.7. The van der Waals surface area contributed by atoms with E-state index in [0.717, 1.165) is 18.8 Å².